The van der Waals surface area contributed by atoms with Crippen LogP contribution in [0.5, 0.6) is 5.75 Å². The minimum absolute atomic E-state index is 0.0325. The first-order valence-corrected chi connectivity index (χ1v) is 9.88. The minimum Gasteiger partial charge on any atom is -0.487 e. The van der Waals surface area contributed by atoms with Crippen LogP contribution < -0.4 is 20.4 Å². The molecule has 162 valence electrons. The molecule has 2 aromatic rings. The van der Waals surface area contributed by atoms with Gasteiger partial charge in [-0.3, -0.25) is 4.79 Å². The van der Waals surface area contributed by atoms with Gasteiger partial charge in [-0.15, -0.1) is 0 Å². The highest BCUT2D eigenvalue weighted by atomic mass is 19.1. The van der Waals surface area contributed by atoms with Gasteiger partial charge in [-0.2, -0.15) is 0 Å². The summed E-state index contributed by atoms with van der Waals surface area (Å²) < 4.78 is 27.7. The molecule has 0 spiro atoms. The molecule has 1 aromatic carbocycles. The Morgan fingerprint density at radius 3 is 2.87 bits per heavy atom. The average molecular weight is 421 g/mol. The van der Waals surface area contributed by atoms with E-state index < -0.39 is 36.5 Å². The molecule has 1 aromatic heterocycles. The number of aliphatic hydroxyl groups is 2. The highest BCUT2D eigenvalue weighted by Gasteiger charge is 2.30. The molecule has 2 atom stereocenters. The van der Waals surface area contributed by atoms with Crippen molar-refractivity contribution >= 4 is 22.6 Å². The number of carbonyl (C=O) groups is 1. The zero-order chi connectivity index (χ0) is 21.4. The van der Waals surface area contributed by atoms with Crippen LogP contribution in [0.1, 0.15) is 23.3 Å². The van der Waals surface area contributed by atoms with E-state index in [-0.39, 0.29) is 23.6 Å². The summed E-state index contributed by atoms with van der Waals surface area (Å²) in [5.74, 6) is -1.22. The smallest absolute Gasteiger partial charge is 0.343 e. The lowest BCUT2D eigenvalue weighted by molar-refractivity contribution is 0.00916. The topological polar surface area (TPSA) is 113 Å². The van der Waals surface area contributed by atoms with E-state index in [1.54, 1.807) is 4.57 Å². The van der Waals surface area contributed by atoms with E-state index in [0.29, 0.717) is 43.1 Å². The van der Waals surface area contributed by atoms with Gasteiger partial charge in [0.05, 0.1) is 23.6 Å². The number of ether oxygens (including phenoxy) is 2. The lowest BCUT2D eigenvalue weighted by atomic mass is 10.1. The number of piperazine rings is 1. The van der Waals surface area contributed by atoms with Crippen LogP contribution in [0, 0.1) is 5.82 Å². The molecule has 2 aliphatic heterocycles. The van der Waals surface area contributed by atoms with Gasteiger partial charge >= 0.3 is 5.97 Å². The Hall–Kier alpha value is -2.69. The molecule has 1 unspecified atom stereocenters. The molecule has 0 saturated carbocycles. The number of anilines is 1. The first kappa shape index (κ1) is 20.6. The van der Waals surface area contributed by atoms with Crippen molar-refractivity contribution < 1.29 is 28.9 Å². The van der Waals surface area contributed by atoms with Crippen LogP contribution in [-0.4, -0.2) is 72.9 Å². The van der Waals surface area contributed by atoms with Gasteiger partial charge in [-0.25, -0.2) is 9.18 Å². The van der Waals surface area contributed by atoms with Crippen molar-refractivity contribution in [2.75, 3.05) is 50.9 Å². The fraction of sp³-hybridized carbons (Fsp3) is 0.500. The molecule has 0 radical (unpaired) electrons. The Balaban J connectivity index is 1.85. The maximum atomic E-state index is 15.1. The largest absolute Gasteiger partial charge is 0.487 e. The van der Waals surface area contributed by atoms with Crippen LogP contribution in [0.3, 0.4) is 0 Å². The molecule has 0 amide bonds. The molecule has 30 heavy (non-hydrogen) atoms. The Labute approximate surface area is 171 Å². The number of benzene rings is 1. The van der Waals surface area contributed by atoms with Crippen molar-refractivity contribution in [3.63, 3.8) is 0 Å². The van der Waals surface area contributed by atoms with Crippen molar-refractivity contribution in [2.24, 2.45) is 0 Å². The summed E-state index contributed by atoms with van der Waals surface area (Å²) in [5.41, 5.74) is -0.165. The van der Waals surface area contributed by atoms with Crippen LogP contribution in [-0.2, 0) is 4.74 Å². The highest BCUT2D eigenvalue weighted by molar-refractivity contribution is 5.98. The van der Waals surface area contributed by atoms with E-state index in [4.69, 9.17) is 14.6 Å². The van der Waals surface area contributed by atoms with Gasteiger partial charge in [0.15, 0.2) is 11.6 Å². The number of esters is 1. The van der Waals surface area contributed by atoms with Gasteiger partial charge in [-0.05, 0) is 13.0 Å². The maximum Gasteiger partial charge on any atom is 0.343 e. The van der Waals surface area contributed by atoms with E-state index in [1.165, 1.54) is 6.20 Å². The summed E-state index contributed by atoms with van der Waals surface area (Å²) in [6, 6.07) is 0.951. The zero-order valence-electron chi connectivity index (χ0n) is 16.6. The summed E-state index contributed by atoms with van der Waals surface area (Å²) in [6.07, 6.45) is 0.155. The summed E-state index contributed by atoms with van der Waals surface area (Å²) in [7, 11) is 0. The standard InChI is InChI=1S/C20H24FN3O6/c1-11-9-29-19-16-13(6-15(21)17(19)23-4-2-22-3-5-23)18(27)14(7-24(11)16)20(28)30-10-12(26)8-25/h6-7,11-12,22,25-26H,2-5,8-10H2,1H3/t11-,12?/m0/s1. The molecule has 1 fully saturated rings. The van der Waals surface area contributed by atoms with Crippen LogP contribution >= 0.6 is 0 Å². The Morgan fingerprint density at radius 1 is 1.43 bits per heavy atom. The second-order valence-electron chi connectivity index (χ2n) is 7.54. The maximum absolute atomic E-state index is 15.1. The van der Waals surface area contributed by atoms with Crippen molar-refractivity contribution in [3.8, 4) is 5.75 Å². The third kappa shape index (κ3) is 3.51. The van der Waals surface area contributed by atoms with Gasteiger partial charge in [0.25, 0.3) is 0 Å². The monoisotopic (exact) mass is 421 g/mol. The van der Waals surface area contributed by atoms with Gasteiger partial charge in [0.2, 0.25) is 5.43 Å². The summed E-state index contributed by atoms with van der Waals surface area (Å²) in [6.45, 7) is 3.73. The third-order valence-corrected chi connectivity index (χ3v) is 5.41. The molecular formula is C20H24FN3O6. The van der Waals surface area contributed by atoms with Crippen LogP contribution in [0.4, 0.5) is 10.1 Å². The Kier molecular flexibility index (Phi) is 5.63. The first-order chi connectivity index (χ1) is 14.4. The summed E-state index contributed by atoms with van der Waals surface area (Å²) in [5, 5.41) is 21.5. The Morgan fingerprint density at radius 2 is 2.17 bits per heavy atom. The minimum atomic E-state index is -1.24. The molecule has 2 aliphatic rings. The lowest BCUT2D eigenvalue weighted by Gasteiger charge is -2.34. The van der Waals surface area contributed by atoms with Crippen molar-refractivity contribution in [3.05, 3.63) is 33.9 Å². The molecular weight excluding hydrogens is 397 g/mol. The van der Waals surface area contributed by atoms with Crippen LogP contribution in [0.25, 0.3) is 10.9 Å². The van der Waals surface area contributed by atoms with Crippen LogP contribution in [0.15, 0.2) is 17.1 Å². The number of hydrogen-bond acceptors (Lipinski definition) is 8. The second kappa shape index (κ2) is 8.21. The van der Waals surface area contributed by atoms with Crippen molar-refractivity contribution in [1.82, 2.24) is 9.88 Å². The fourth-order valence-corrected chi connectivity index (χ4v) is 3.84. The second-order valence-corrected chi connectivity index (χ2v) is 7.54. The number of nitrogens with one attached hydrogen (secondary N) is 1. The molecule has 4 rings (SSSR count). The van der Waals surface area contributed by atoms with E-state index in [9.17, 15) is 14.7 Å². The molecule has 0 bridgehead atoms. The number of aliphatic hydroxyl groups excluding tert-OH is 2. The average Bonchev–Trinajstić information content (AvgIpc) is 2.76. The predicted molar refractivity (Wildman–Crippen MR) is 107 cm³/mol. The van der Waals surface area contributed by atoms with Crippen molar-refractivity contribution in [2.45, 2.75) is 19.1 Å². The lowest BCUT2D eigenvalue weighted by Crippen LogP contribution is -2.44. The highest BCUT2D eigenvalue weighted by Crippen LogP contribution is 2.41. The van der Waals surface area contributed by atoms with Crippen molar-refractivity contribution in [1.29, 1.82) is 0 Å². The van der Waals surface area contributed by atoms with E-state index in [1.807, 2.05) is 11.8 Å². The molecule has 3 heterocycles. The van der Waals surface area contributed by atoms with Crippen LogP contribution in [0.2, 0.25) is 0 Å². The first-order valence-electron chi connectivity index (χ1n) is 9.88. The number of halogens is 1. The number of aromatic nitrogens is 1. The molecule has 1 saturated heterocycles. The van der Waals surface area contributed by atoms with E-state index in [2.05, 4.69) is 5.32 Å². The SMILES string of the molecule is C[C@H]1COc2c(N3CCNCC3)c(F)cc3c(=O)c(C(=O)OCC(O)CO)cn1c23. The number of hydrogen-bond donors (Lipinski definition) is 3. The summed E-state index contributed by atoms with van der Waals surface area (Å²) in [4.78, 5) is 27.3. The third-order valence-electron chi connectivity index (χ3n) is 5.41. The normalized spacial score (nSPS) is 19.5. The van der Waals surface area contributed by atoms with Gasteiger partial charge in [0, 0.05) is 32.4 Å². The Bertz CT molecular complexity index is 1030. The number of carbonyl (C=O) groups excluding carboxylic acids is 1. The molecule has 9 nitrogen and oxygen atoms in total. The van der Waals surface area contributed by atoms with Gasteiger partial charge < -0.3 is 34.5 Å². The van der Waals surface area contributed by atoms with Gasteiger partial charge in [-0.1, -0.05) is 0 Å². The zero-order valence-corrected chi connectivity index (χ0v) is 16.6. The summed E-state index contributed by atoms with van der Waals surface area (Å²) >= 11 is 0. The number of nitrogens with zero attached hydrogens (tertiary/aromatic N) is 2. The number of rotatable bonds is 5. The molecule has 3 N–H and O–H groups in total. The van der Waals surface area contributed by atoms with Gasteiger partial charge in [0.1, 0.15) is 30.6 Å². The molecule has 0 aliphatic carbocycles. The predicted octanol–water partition coefficient (Wildman–Crippen LogP) is 0.0136. The fourth-order valence-electron chi connectivity index (χ4n) is 3.84. The van der Waals surface area contributed by atoms with E-state index >= 15 is 4.39 Å². The quantitative estimate of drug-likeness (QED) is 0.579. The number of pyridine rings is 1. The molecule has 10 heteroatoms. The van der Waals surface area contributed by atoms with E-state index in [0.717, 1.165) is 6.07 Å².